The van der Waals surface area contributed by atoms with Crippen LogP contribution in [0.25, 0.3) is 39.4 Å². The molecular weight excluding hydrogens is 312 g/mol. The average Bonchev–Trinajstić information content (AvgIpc) is 3.29. The predicted molar refractivity (Wildman–Crippen MR) is 93.4 cm³/mol. The smallest absolute Gasteiger partial charge is 0.378 e. The average molecular weight is 325 g/mol. The standard InChI is InChI=1S/C20H13N4O/c1-2-6-14(7-3-1)24-16-8-10-21-11-15(16)18-20(24)25-19-17-13(12-23(18)19)5-4-9-22-17/h1-11H,12H2/q+1. The van der Waals surface area contributed by atoms with Crippen LogP contribution in [0.4, 0.5) is 0 Å². The van der Waals surface area contributed by atoms with Gasteiger partial charge in [0.1, 0.15) is 0 Å². The summed E-state index contributed by atoms with van der Waals surface area (Å²) in [6.07, 6.45) is 5.55. The van der Waals surface area contributed by atoms with E-state index in [0.717, 1.165) is 45.9 Å². The van der Waals surface area contributed by atoms with Crippen molar-refractivity contribution in [2.45, 2.75) is 6.54 Å². The fourth-order valence-corrected chi connectivity index (χ4v) is 3.79. The fraction of sp³-hybridized carbons (Fsp3) is 0.0500. The van der Waals surface area contributed by atoms with Gasteiger partial charge in [0, 0.05) is 24.3 Å². The van der Waals surface area contributed by atoms with Crippen LogP contribution in [-0.2, 0) is 6.54 Å². The van der Waals surface area contributed by atoms with Crippen LogP contribution in [0, 0.1) is 0 Å². The van der Waals surface area contributed by atoms with Gasteiger partial charge in [-0.15, -0.1) is 4.57 Å². The molecule has 5 aromatic rings. The van der Waals surface area contributed by atoms with Crippen LogP contribution in [0.2, 0.25) is 0 Å². The van der Waals surface area contributed by atoms with Gasteiger partial charge in [0.05, 0.1) is 16.5 Å². The van der Waals surface area contributed by atoms with Crippen molar-refractivity contribution in [3.05, 3.63) is 72.7 Å². The Bertz CT molecular complexity index is 1270. The van der Waals surface area contributed by atoms with E-state index in [0.29, 0.717) is 0 Å². The molecule has 0 atom stereocenters. The lowest BCUT2D eigenvalue weighted by Gasteiger charge is -2.03. The summed E-state index contributed by atoms with van der Waals surface area (Å²) in [7, 11) is 0. The fourth-order valence-electron chi connectivity index (χ4n) is 3.79. The van der Waals surface area contributed by atoms with Crippen molar-refractivity contribution >= 4 is 22.1 Å². The van der Waals surface area contributed by atoms with E-state index in [1.165, 1.54) is 5.56 Å². The van der Waals surface area contributed by atoms with E-state index in [2.05, 4.69) is 37.3 Å². The monoisotopic (exact) mass is 325 g/mol. The molecule has 0 radical (unpaired) electrons. The van der Waals surface area contributed by atoms with Crippen molar-refractivity contribution in [1.82, 2.24) is 14.5 Å². The van der Waals surface area contributed by atoms with Gasteiger partial charge < -0.3 is 4.42 Å². The Labute approximate surface area is 142 Å². The van der Waals surface area contributed by atoms with E-state index in [1.807, 2.05) is 48.9 Å². The van der Waals surface area contributed by atoms with Crippen LogP contribution >= 0.6 is 0 Å². The highest BCUT2D eigenvalue weighted by molar-refractivity contribution is 6.03. The summed E-state index contributed by atoms with van der Waals surface area (Å²) in [6.45, 7) is 0.772. The van der Waals surface area contributed by atoms with E-state index in [4.69, 9.17) is 4.42 Å². The Kier molecular flexibility index (Phi) is 2.34. The number of hydrogen-bond donors (Lipinski definition) is 0. The first-order valence-electron chi connectivity index (χ1n) is 8.22. The molecule has 0 fully saturated rings. The summed E-state index contributed by atoms with van der Waals surface area (Å²) in [5, 5.41) is 1.09. The molecular formula is C20H13N4O+. The molecule has 5 nitrogen and oxygen atoms in total. The lowest BCUT2D eigenvalue weighted by atomic mass is 10.2. The third-order valence-corrected chi connectivity index (χ3v) is 4.84. The normalized spacial score (nSPS) is 12.6. The van der Waals surface area contributed by atoms with Crippen LogP contribution in [0.15, 0.2) is 71.5 Å². The Morgan fingerprint density at radius 3 is 2.84 bits per heavy atom. The van der Waals surface area contributed by atoms with Gasteiger partial charge in [-0.3, -0.25) is 9.55 Å². The van der Waals surface area contributed by atoms with Gasteiger partial charge in [-0.25, -0.2) is 4.98 Å². The quantitative estimate of drug-likeness (QED) is 0.435. The molecule has 1 aromatic carbocycles. The van der Waals surface area contributed by atoms with Crippen LogP contribution in [0.3, 0.4) is 0 Å². The second-order valence-electron chi connectivity index (χ2n) is 6.22. The van der Waals surface area contributed by atoms with Crippen LogP contribution in [0.5, 0.6) is 0 Å². The molecule has 0 spiro atoms. The van der Waals surface area contributed by atoms with Gasteiger partial charge >= 0.3 is 5.89 Å². The maximum absolute atomic E-state index is 6.34. The largest absolute Gasteiger partial charge is 0.402 e. The zero-order valence-electron chi connectivity index (χ0n) is 13.3. The van der Waals surface area contributed by atoms with E-state index in [1.54, 1.807) is 0 Å². The number of nitrogens with zero attached hydrogens (tertiary/aromatic N) is 4. The first-order chi connectivity index (χ1) is 12.4. The summed E-state index contributed by atoms with van der Waals surface area (Å²) in [4.78, 5) is 8.86. The molecule has 0 aliphatic carbocycles. The summed E-state index contributed by atoms with van der Waals surface area (Å²) in [6, 6.07) is 16.4. The lowest BCUT2D eigenvalue weighted by molar-refractivity contribution is -0.648. The summed E-state index contributed by atoms with van der Waals surface area (Å²) < 4.78 is 10.7. The molecule has 0 saturated carbocycles. The number of para-hydroxylation sites is 1. The maximum atomic E-state index is 6.34. The summed E-state index contributed by atoms with van der Waals surface area (Å²) in [5.41, 5.74) is 6.18. The lowest BCUT2D eigenvalue weighted by Crippen LogP contribution is -2.30. The van der Waals surface area contributed by atoms with Crippen molar-refractivity contribution in [2.75, 3.05) is 0 Å². The number of rotatable bonds is 1. The molecule has 1 aliphatic heterocycles. The molecule has 118 valence electrons. The van der Waals surface area contributed by atoms with Crippen molar-refractivity contribution in [3.63, 3.8) is 0 Å². The van der Waals surface area contributed by atoms with Crippen LogP contribution in [0.1, 0.15) is 5.56 Å². The number of hydrogen-bond acceptors (Lipinski definition) is 3. The first-order valence-corrected chi connectivity index (χ1v) is 8.22. The third-order valence-electron chi connectivity index (χ3n) is 4.84. The molecule has 0 bridgehead atoms. The van der Waals surface area contributed by atoms with Crippen molar-refractivity contribution in [3.8, 4) is 17.3 Å². The van der Waals surface area contributed by atoms with E-state index < -0.39 is 0 Å². The molecule has 25 heavy (non-hydrogen) atoms. The Morgan fingerprint density at radius 1 is 1.00 bits per heavy atom. The molecule has 5 heterocycles. The van der Waals surface area contributed by atoms with Gasteiger partial charge in [0.15, 0.2) is 12.2 Å². The second kappa shape index (κ2) is 4.54. The molecule has 0 unspecified atom stereocenters. The zero-order valence-corrected chi connectivity index (χ0v) is 13.3. The van der Waals surface area contributed by atoms with Gasteiger partial charge in [-0.1, -0.05) is 18.2 Å². The minimum Gasteiger partial charge on any atom is -0.378 e. The molecule has 0 N–H and O–H groups in total. The van der Waals surface area contributed by atoms with Crippen LogP contribution < -0.4 is 4.57 Å². The third kappa shape index (κ3) is 1.59. The minimum atomic E-state index is 0.772. The molecule has 0 amide bonds. The highest BCUT2D eigenvalue weighted by Crippen LogP contribution is 2.36. The molecule has 1 aliphatic rings. The van der Waals surface area contributed by atoms with Gasteiger partial charge in [-0.2, -0.15) is 0 Å². The van der Waals surface area contributed by atoms with E-state index >= 15 is 0 Å². The first kappa shape index (κ1) is 12.9. The van der Waals surface area contributed by atoms with Crippen LogP contribution in [-0.4, -0.2) is 14.5 Å². The predicted octanol–water partition coefficient (Wildman–Crippen LogP) is 3.48. The molecule has 6 rings (SSSR count). The van der Waals surface area contributed by atoms with Gasteiger partial charge in [0.25, 0.3) is 11.2 Å². The number of oxazole rings is 1. The van der Waals surface area contributed by atoms with Crippen molar-refractivity contribution in [2.24, 2.45) is 0 Å². The number of benzene rings is 1. The topological polar surface area (TPSA) is 47.7 Å². The van der Waals surface area contributed by atoms with Gasteiger partial charge in [0.2, 0.25) is 0 Å². The van der Waals surface area contributed by atoms with Gasteiger partial charge in [-0.05, 0) is 30.3 Å². The maximum Gasteiger partial charge on any atom is 0.402 e. The molecule has 0 saturated heterocycles. The number of aromatic nitrogens is 4. The van der Waals surface area contributed by atoms with Crippen molar-refractivity contribution in [1.29, 1.82) is 0 Å². The highest BCUT2D eigenvalue weighted by Gasteiger charge is 2.38. The zero-order chi connectivity index (χ0) is 16.4. The van der Waals surface area contributed by atoms with E-state index in [9.17, 15) is 0 Å². The van der Waals surface area contributed by atoms with Crippen molar-refractivity contribution < 1.29 is 8.98 Å². The summed E-state index contributed by atoms with van der Waals surface area (Å²) in [5.74, 6) is 0.816. The second-order valence-corrected chi connectivity index (χ2v) is 6.22. The highest BCUT2D eigenvalue weighted by atomic mass is 16.4. The minimum absolute atomic E-state index is 0.772. The number of fused-ring (bicyclic) bond motifs is 7. The van der Waals surface area contributed by atoms with E-state index in [-0.39, 0.29) is 0 Å². The molecule has 4 aromatic heterocycles. The Hall–Kier alpha value is -3.47. The number of pyridine rings is 2. The Morgan fingerprint density at radius 2 is 1.92 bits per heavy atom. The summed E-state index contributed by atoms with van der Waals surface area (Å²) >= 11 is 0. The SMILES string of the molecule is c1ccc(-n2c3ccncc3c3c2oc2[n+]3Cc3cccnc3-2)cc1. The molecule has 5 heteroatoms. The Balaban J connectivity index is 1.78.